The van der Waals surface area contributed by atoms with Gasteiger partial charge in [-0.3, -0.25) is 19.3 Å². The molecule has 0 aromatic heterocycles. The molecule has 0 N–H and O–H groups in total. The highest BCUT2D eigenvalue weighted by molar-refractivity contribution is 9.10. The first kappa shape index (κ1) is 25.8. The number of ether oxygens (including phenoxy) is 3. The second kappa shape index (κ2) is 11.2. The van der Waals surface area contributed by atoms with Crippen LogP contribution >= 0.6 is 27.7 Å². The Morgan fingerprint density at radius 3 is 2.39 bits per heavy atom. The number of methoxy groups -OCH3 is 2. The molecule has 3 amide bonds. The van der Waals surface area contributed by atoms with Crippen LogP contribution in [0.3, 0.4) is 0 Å². The first-order chi connectivity index (χ1) is 17.3. The van der Waals surface area contributed by atoms with Gasteiger partial charge in [-0.25, -0.2) is 4.79 Å². The molecule has 2 saturated heterocycles. The molecule has 2 aliphatic rings. The molecule has 2 aromatic rings. The van der Waals surface area contributed by atoms with E-state index in [1.54, 1.807) is 41.3 Å². The van der Waals surface area contributed by atoms with E-state index in [9.17, 15) is 19.2 Å². The SMILES string of the molecule is COc1ccc(C(=O)Oc2c(Br)cc(/C=C3\SC(=O)N(CC(=O)N4CCCC4)C3=O)cc2OC)cc1. The summed E-state index contributed by atoms with van der Waals surface area (Å²) in [6.07, 6.45) is 3.39. The van der Waals surface area contributed by atoms with Crippen LogP contribution in [0.15, 0.2) is 45.8 Å². The Balaban J connectivity index is 1.51. The van der Waals surface area contributed by atoms with Crippen molar-refractivity contribution < 1.29 is 33.4 Å². The van der Waals surface area contributed by atoms with Gasteiger partial charge in [0.25, 0.3) is 11.1 Å². The summed E-state index contributed by atoms with van der Waals surface area (Å²) in [5.41, 5.74) is 0.866. The Hall–Kier alpha value is -3.31. The predicted octanol–water partition coefficient (Wildman–Crippen LogP) is 4.34. The summed E-state index contributed by atoms with van der Waals surface area (Å²) in [5.74, 6) is -0.320. The lowest BCUT2D eigenvalue weighted by Crippen LogP contribution is -2.40. The molecule has 188 valence electrons. The van der Waals surface area contributed by atoms with Crippen LogP contribution in [-0.2, 0) is 9.59 Å². The molecule has 2 aliphatic heterocycles. The Kier molecular flexibility index (Phi) is 8.00. The van der Waals surface area contributed by atoms with Gasteiger partial charge >= 0.3 is 5.97 Å². The number of amides is 3. The number of rotatable bonds is 7. The average molecular weight is 575 g/mol. The Morgan fingerprint density at radius 2 is 1.75 bits per heavy atom. The summed E-state index contributed by atoms with van der Waals surface area (Å²) in [6.45, 7) is 1.03. The molecule has 11 heteroatoms. The van der Waals surface area contributed by atoms with Gasteiger partial charge < -0.3 is 19.1 Å². The normalized spacial score (nSPS) is 16.6. The number of carbonyl (C=O) groups is 4. The Labute approximate surface area is 220 Å². The van der Waals surface area contributed by atoms with E-state index in [0.29, 0.717) is 34.4 Å². The number of benzene rings is 2. The zero-order chi connectivity index (χ0) is 25.8. The largest absolute Gasteiger partial charge is 0.497 e. The number of likely N-dealkylation sites (tertiary alicyclic amines) is 1. The van der Waals surface area contributed by atoms with Gasteiger partial charge in [0.05, 0.1) is 29.2 Å². The summed E-state index contributed by atoms with van der Waals surface area (Å²) in [5, 5.41) is -0.491. The molecule has 0 spiro atoms. The van der Waals surface area contributed by atoms with Crippen molar-refractivity contribution >= 4 is 56.8 Å². The van der Waals surface area contributed by atoms with Gasteiger partial charge in [-0.2, -0.15) is 0 Å². The minimum absolute atomic E-state index is 0.166. The molecule has 0 radical (unpaired) electrons. The first-order valence-corrected chi connectivity index (χ1v) is 12.7. The summed E-state index contributed by atoms with van der Waals surface area (Å²) in [4.78, 5) is 53.2. The third-order valence-electron chi connectivity index (χ3n) is 5.70. The van der Waals surface area contributed by atoms with Crippen LogP contribution < -0.4 is 14.2 Å². The fraction of sp³-hybridized carbons (Fsp3) is 0.280. The van der Waals surface area contributed by atoms with Gasteiger partial charge in [-0.1, -0.05) is 0 Å². The van der Waals surface area contributed by atoms with Gasteiger partial charge in [0, 0.05) is 13.1 Å². The molecule has 0 atom stereocenters. The van der Waals surface area contributed by atoms with Gasteiger partial charge in [-0.15, -0.1) is 0 Å². The van der Waals surface area contributed by atoms with Crippen LogP contribution in [-0.4, -0.2) is 66.7 Å². The second-order valence-corrected chi connectivity index (χ2v) is 9.86. The van der Waals surface area contributed by atoms with E-state index < -0.39 is 17.1 Å². The predicted molar refractivity (Wildman–Crippen MR) is 137 cm³/mol. The monoisotopic (exact) mass is 574 g/mol. The summed E-state index contributed by atoms with van der Waals surface area (Å²) in [7, 11) is 2.96. The molecule has 2 aromatic carbocycles. The van der Waals surface area contributed by atoms with Crippen molar-refractivity contribution in [2.75, 3.05) is 33.9 Å². The maximum Gasteiger partial charge on any atom is 0.343 e. The lowest BCUT2D eigenvalue weighted by Gasteiger charge is -2.18. The van der Waals surface area contributed by atoms with E-state index in [-0.39, 0.29) is 28.9 Å². The minimum atomic E-state index is -0.590. The highest BCUT2D eigenvalue weighted by Crippen LogP contribution is 2.39. The van der Waals surface area contributed by atoms with E-state index in [4.69, 9.17) is 14.2 Å². The second-order valence-electron chi connectivity index (χ2n) is 8.01. The van der Waals surface area contributed by atoms with Crippen LogP contribution in [0.25, 0.3) is 6.08 Å². The maximum absolute atomic E-state index is 12.8. The maximum atomic E-state index is 12.8. The number of halogens is 1. The van der Waals surface area contributed by atoms with Gasteiger partial charge in [0.2, 0.25) is 5.91 Å². The lowest BCUT2D eigenvalue weighted by atomic mass is 10.1. The number of hydrogen-bond donors (Lipinski definition) is 0. The van der Waals surface area contributed by atoms with Crippen molar-refractivity contribution in [2.45, 2.75) is 12.8 Å². The van der Waals surface area contributed by atoms with Crippen molar-refractivity contribution in [1.82, 2.24) is 9.80 Å². The third kappa shape index (κ3) is 5.57. The summed E-state index contributed by atoms with van der Waals surface area (Å²) in [6, 6.07) is 9.70. The van der Waals surface area contributed by atoms with Crippen LogP contribution in [0.4, 0.5) is 4.79 Å². The smallest absolute Gasteiger partial charge is 0.343 e. The molecule has 0 aliphatic carbocycles. The number of carbonyl (C=O) groups excluding carboxylic acids is 4. The van der Waals surface area contributed by atoms with E-state index in [2.05, 4.69) is 15.9 Å². The number of nitrogens with zero attached hydrogens (tertiary/aromatic N) is 2. The lowest BCUT2D eigenvalue weighted by molar-refractivity contribution is -0.135. The average Bonchev–Trinajstić information content (AvgIpc) is 3.50. The molecule has 9 nitrogen and oxygen atoms in total. The fourth-order valence-electron chi connectivity index (χ4n) is 3.79. The van der Waals surface area contributed by atoms with Crippen LogP contribution in [0, 0.1) is 0 Å². The van der Waals surface area contributed by atoms with Crippen molar-refractivity contribution in [3.05, 3.63) is 56.9 Å². The quantitative estimate of drug-likeness (QED) is 0.273. The first-order valence-electron chi connectivity index (χ1n) is 11.1. The standard InChI is InChI=1S/C25H23BrN2O7S/c1-33-17-7-5-16(6-8-17)24(31)35-22-18(26)11-15(12-19(22)34-2)13-20-23(30)28(25(32)36-20)14-21(29)27-9-3-4-10-27/h5-8,11-13H,3-4,9-10,14H2,1-2H3/b20-13-. The third-order valence-corrected chi connectivity index (χ3v) is 7.19. The van der Waals surface area contributed by atoms with E-state index in [1.165, 1.54) is 20.3 Å². The molecule has 0 unspecified atom stereocenters. The van der Waals surface area contributed by atoms with Crippen molar-refractivity contribution in [2.24, 2.45) is 0 Å². The molecule has 0 saturated carbocycles. The van der Waals surface area contributed by atoms with Crippen molar-refractivity contribution in [3.8, 4) is 17.2 Å². The van der Waals surface area contributed by atoms with Gasteiger partial charge in [0.1, 0.15) is 12.3 Å². The zero-order valence-electron chi connectivity index (χ0n) is 19.6. The number of hydrogen-bond acceptors (Lipinski definition) is 8. The van der Waals surface area contributed by atoms with Crippen molar-refractivity contribution in [1.29, 1.82) is 0 Å². The topological polar surface area (TPSA) is 102 Å². The molecule has 36 heavy (non-hydrogen) atoms. The molecule has 4 rings (SSSR count). The van der Waals surface area contributed by atoms with Crippen LogP contribution in [0.5, 0.6) is 17.2 Å². The Bertz CT molecular complexity index is 1240. The molecular formula is C25H23BrN2O7S. The molecule has 0 bridgehead atoms. The summed E-state index contributed by atoms with van der Waals surface area (Å²) >= 11 is 4.17. The zero-order valence-corrected chi connectivity index (χ0v) is 22.0. The Morgan fingerprint density at radius 1 is 1.06 bits per heavy atom. The molecule has 2 heterocycles. The van der Waals surface area contributed by atoms with Crippen LogP contribution in [0.2, 0.25) is 0 Å². The van der Waals surface area contributed by atoms with E-state index in [1.807, 2.05) is 0 Å². The number of thioether (sulfide) groups is 1. The van der Waals surface area contributed by atoms with E-state index in [0.717, 1.165) is 29.5 Å². The van der Waals surface area contributed by atoms with Gasteiger partial charge in [0.15, 0.2) is 11.5 Å². The number of imide groups is 1. The summed E-state index contributed by atoms with van der Waals surface area (Å²) < 4.78 is 16.5. The molecular weight excluding hydrogens is 552 g/mol. The van der Waals surface area contributed by atoms with Gasteiger partial charge in [-0.05, 0) is 88.6 Å². The number of esters is 1. The highest BCUT2D eigenvalue weighted by Gasteiger charge is 2.37. The fourth-order valence-corrected chi connectivity index (χ4v) is 5.17. The molecule has 2 fully saturated rings. The highest BCUT2D eigenvalue weighted by atomic mass is 79.9. The van der Waals surface area contributed by atoms with Crippen LogP contribution in [0.1, 0.15) is 28.8 Å². The van der Waals surface area contributed by atoms with E-state index >= 15 is 0 Å². The minimum Gasteiger partial charge on any atom is -0.497 e. The van der Waals surface area contributed by atoms with Crippen molar-refractivity contribution in [3.63, 3.8) is 0 Å².